The Hall–Kier alpha value is -3.61. The maximum Gasteiger partial charge on any atom is 0.277 e. The van der Waals surface area contributed by atoms with Crippen LogP contribution in [-0.4, -0.2) is 16.0 Å². The number of oxazole rings is 1. The zero-order chi connectivity index (χ0) is 17.2. The molecule has 0 aliphatic rings. The maximum absolute atomic E-state index is 12.3. The van der Waals surface area contributed by atoms with E-state index in [9.17, 15) is 4.79 Å². The van der Waals surface area contributed by atoms with E-state index in [-0.39, 0.29) is 11.6 Å². The Morgan fingerprint density at radius 3 is 2.80 bits per heavy atom. The number of benzene rings is 1. The predicted octanol–water partition coefficient (Wildman–Crippen LogP) is 4.15. The molecule has 3 heterocycles. The van der Waals surface area contributed by atoms with Crippen LogP contribution in [0, 0.1) is 6.92 Å². The van der Waals surface area contributed by atoms with Crippen molar-refractivity contribution in [2.75, 3.05) is 5.32 Å². The molecule has 0 bridgehead atoms. The van der Waals surface area contributed by atoms with Gasteiger partial charge in [-0.05, 0) is 37.3 Å². The van der Waals surface area contributed by atoms with Gasteiger partial charge in [-0.3, -0.25) is 4.79 Å². The summed E-state index contributed by atoms with van der Waals surface area (Å²) in [6.45, 7) is 1.82. The van der Waals surface area contributed by atoms with Crippen molar-refractivity contribution < 1.29 is 18.2 Å². The van der Waals surface area contributed by atoms with Gasteiger partial charge in [0.05, 0.1) is 12.5 Å². The fourth-order valence-electron chi connectivity index (χ4n) is 2.33. The molecule has 0 spiro atoms. The number of amides is 1. The molecule has 7 heteroatoms. The Morgan fingerprint density at radius 1 is 1.12 bits per heavy atom. The Morgan fingerprint density at radius 2 is 2.04 bits per heavy atom. The molecule has 25 heavy (non-hydrogen) atoms. The van der Waals surface area contributed by atoms with Crippen LogP contribution in [0.4, 0.5) is 5.69 Å². The smallest absolute Gasteiger partial charge is 0.277 e. The number of anilines is 1. The molecule has 0 radical (unpaired) electrons. The van der Waals surface area contributed by atoms with Gasteiger partial charge >= 0.3 is 0 Å². The van der Waals surface area contributed by atoms with E-state index in [0.29, 0.717) is 23.1 Å². The first-order chi connectivity index (χ1) is 12.2. The van der Waals surface area contributed by atoms with E-state index in [1.54, 1.807) is 30.5 Å². The van der Waals surface area contributed by atoms with Crippen molar-refractivity contribution in [2.45, 2.75) is 6.92 Å². The molecule has 0 atom stereocenters. The predicted molar refractivity (Wildman–Crippen MR) is 88.8 cm³/mol. The van der Waals surface area contributed by atoms with E-state index in [4.69, 9.17) is 13.4 Å². The Kier molecular flexibility index (Phi) is 3.66. The summed E-state index contributed by atoms with van der Waals surface area (Å²) < 4.78 is 15.8. The number of carbonyl (C=O) groups excluding carboxylic acids is 1. The van der Waals surface area contributed by atoms with E-state index < -0.39 is 0 Å². The van der Waals surface area contributed by atoms with Crippen molar-refractivity contribution in [3.8, 4) is 23.0 Å². The number of hydrogen-bond donors (Lipinski definition) is 1. The molecule has 7 nitrogen and oxygen atoms in total. The van der Waals surface area contributed by atoms with E-state index in [0.717, 1.165) is 11.3 Å². The molecule has 0 saturated carbocycles. The van der Waals surface area contributed by atoms with Gasteiger partial charge in [0.1, 0.15) is 5.76 Å². The van der Waals surface area contributed by atoms with Gasteiger partial charge in [-0.2, -0.15) is 0 Å². The van der Waals surface area contributed by atoms with Crippen molar-refractivity contribution in [3.63, 3.8) is 0 Å². The van der Waals surface area contributed by atoms with Crippen LogP contribution in [0.5, 0.6) is 0 Å². The number of aromatic nitrogens is 2. The number of furan rings is 1. The van der Waals surface area contributed by atoms with Crippen LogP contribution in [0.2, 0.25) is 0 Å². The third kappa shape index (κ3) is 3.07. The summed E-state index contributed by atoms with van der Waals surface area (Å²) in [6, 6.07) is 12.2. The Labute approximate surface area is 142 Å². The minimum atomic E-state index is -0.387. The maximum atomic E-state index is 12.3. The van der Waals surface area contributed by atoms with Gasteiger partial charge in [0.15, 0.2) is 11.5 Å². The summed E-state index contributed by atoms with van der Waals surface area (Å²) in [7, 11) is 0. The second-order valence-electron chi connectivity index (χ2n) is 5.36. The van der Waals surface area contributed by atoms with E-state index in [1.165, 1.54) is 12.3 Å². The number of carbonyl (C=O) groups is 1. The second-order valence-corrected chi connectivity index (χ2v) is 5.36. The largest absolute Gasteiger partial charge is 0.461 e. The highest BCUT2D eigenvalue weighted by molar-refractivity contribution is 6.03. The molecule has 0 unspecified atom stereocenters. The van der Waals surface area contributed by atoms with E-state index in [1.807, 2.05) is 19.1 Å². The number of aryl methyl sites for hydroxylation is 1. The molecule has 1 amide bonds. The minimum absolute atomic E-state index is 0.156. The highest BCUT2D eigenvalue weighted by Crippen LogP contribution is 2.24. The van der Waals surface area contributed by atoms with E-state index in [2.05, 4.69) is 15.5 Å². The second kappa shape index (κ2) is 6.12. The van der Waals surface area contributed by atoms with Crippen LogP contribution in [0.3, 0.4) is 0 Å². The highest BCUT2D eigenvalue weighted by Gasteiger charge is 2.16. The SMILES string of the molecule is Cc1cnc(-c2cccc(NC(=O)c3cc(-c4ccco4)on3)c2)o1. The third-order valence-electron chi connectivity index (χ3n) is 3.50. The first kappa shape index (κ1) is 14.9. The standard InChI is InChI=1S/C18H13N3O4/c1-11-10-19-18(24-11)12-4-2-5-13(8-12)20-17(22)14-9-16(25-21-14)15-6-3-7-23-15/h2-10H,1H3,(H,20,22). The fraction of sp³-hybridized carbons (Fsp3) is 0.0556. The Balaban J connectivity index is 1.53. The van der Waals surface area contributed by atoms with Gasteiger partial charge in [0.2, 0.25) is 11.7 Å². The molecule has 4 aromatic rings. The van der Waals surface area contributed by atoms with Gasteiger partial charge in [0.25, 0.3) is 5.91 Å². The van der Waals surface area contributed by atoms with Crippen molar-refractivity contribution in [1.29, 1.82) is 0 Å². The lowest BCUT2D eigenvalue weighted by molar-refractivity contribution is 0.101. The summed E-state index contributed by atoms with van der Waals surface area (Å²) in [6.07, 6.45) is 3.17. The summed E-state index contributed by atoms with van der Waals surface area (Å²) in [5.74, 6) is 1.72. The number of rotatable bonds is 4. The molecule has 4 rings (SSSR count). The molecule has 0 fully saturated rings. The number of hydrogen-bond acceptors (Lipinski definition) is 6. The van der Waals surface area contributed by atoms with Crippen molar-refractivity contribution in [1.82, 2.24) is 10.1 Å². The number of nitrogens with one attached hydrogen (secondary N) is 1. The zero-order valence-electron chi connectivity index (χ0n) is 13.2. The number of nitrogens with zero attached hydrogens (tertiary/aromatic N) is 2. The van der Waals surface area contributed by atoms with Gasteiger partial charge in [-0.25, -0.2) is 4.98 Å². The molecule has 3 aromatic heterocycles. The summed E-state index contributed by atoms with van der Waals surface area (Å²) in [5.41, 5.74) is 1.52. The zero-order valence-corrected chi connectivity index (χ0v) is 13.2. The van der Waals surface area contributed by atoms with E-state index >= 15 is 0 Å². The topological polar surface area (TPSA) is 94.3 Å². The monoisotopic (exact) mass is 335 g/mol. The lowest BCUT2D eigenvalue weighted by atomic mass is 10.2. The van der Waals surface area contributed by atoms with Gasteiger partial charge in [0, 0.05) is 17.3 Å². The fourth-order valence-corrected chi connectivity index (χ4v) is 2.33. The highest BCUT2D eigenvalue weighted by atomic mass is 16.5. The molecule has 0 aliphatic carbocycles. The normalized spacial score (nSPS) is 10.8. The van der Waals surface area contributed by atoms with Gasteiger partial charge in [-0.1, -0.05) is 11.2 Å². The van der Waals surface area contributed by atoms with Crippen molar-refractivity contribution >= 4 is 11.6 Å². The summed E-state index contributed by atoms with van der Waals surface area (Å²) >= 11 is 0. The van der Waals surface area contributed by atoms with Crippen molar-refractivity contribution in [3.05, 3.63) is 66.4 Å². The molecule has 0 aliphatic heterocycles. The van der Waals surface area contributed by atoms with Crippen LogP contribution in [-0.2, 0) is 0 Å². The lowest BCUT2D eigenvalue weighted by Crippen LogP contribution is -2.12. The molecule has 0 saturated heterocycles. The van der Waals surface area contributed by atoms with Crippen LogP contribution < -0.4 is 5.32 Å². The molecule has 1 aromatic carbocycles. The first-order valence-corrected chi connectivity index (χ1v) is 7.54. The Bertz CT molecular complexity index is 1010. The molecule has 1 N–H and O–H groups in total. The summed E-state index contributed by atoms with van der Waals surface area (Å²) in [4.78, 5) is 16.5. The average Bonchev–Trinajstić information content (AvgIpc) is 3.36. The summed E-state index contributed by atoms with van der Waals surface area (Å²) in [5, 5.41) is 6.55. The van der Waals surface area contributed by atoms with Crippen LogP contribution in [0.25, 0.3) is 23.0 Å². The van der Waals surface area contributed by atoms with Gasteiger partial charge in [-0.15, -0.1) is 0 Å². The van der Waals surface area contributed by atoms with Crippen LogP contribution >= 0.6 is 0 Å². The average molecular weight is 335 g/mol. The van der Waals surface area contributed by atoms with Crippen LogP contribution in [0.15, 0.2) is 68.3 Å². The molecule has 124 valence electrons. The molecular weight excluding hydrogens is 322 g/mol. The third-order valence-corrected chi connectivity index (χ3v) is 3.50. The van der Waals surface area contributed by atoms with Crippen LogP contribution in [0.1, 0.15) is 16.2 Å². The first-order valence-electron chi connectivity index (χ1n) is 7.54. The van der Waals surface area contributed by atoms with Crippen molar-refractivity contribution in [2.24, 2.45) is 0 Å². The minimum Gasteiger partial charge on any atom is -0.461 e. The quantitative estimate of drug-likeness (QED) is 0.602. The molecular formula is C18H13N3O4. The van der Waals surface area contributed by atoms with Gasteiger partial charge < -0.3 is 18.7 Å². The lowest BCUT2D eigenvalue weighted by Gasteiger charge is -2.04.